The maximum atomic E-state index is 12.0. The molecular weight excluding hydrogens is 287 g/mol. The van der Waals surface area contributed by atoms with Crippen LogP contribution in [0.15, 0.2) is 30.3 Å². The van der Waals surface area contributed by atoms with Gasteiger partial charge in [0.25, 0.3) is 0 Å². The Kier molecular flexibility index (Phi) is 4.56. The zero-order valence-corrected chi connectivity index (χ0v) is 11.1. The quantitative estimate of drug-likeness (QED) is 0.849. The van der Waals surface area contributed by atoms with Crippen LogP contribution in [0.5, 0.6) is 11.8 Å². The monoisotopic (exact) mass is 299 g/mol. The number of aryl methyl sites for hydroxylation is 1. The fourth-order valence-corrected chi connectivity index (χ4v) is 1.40. The van der Waals surface area contributed by atoms with Crippen LogP contribution in [0.25, 0.3) is 0 Å². The first-order valence-electron chi connectivity index (χ1n) is 6.01. The Morgan fingerprint density at radius 2 is 1.81 bits per heavy atom. The maximum absolute atomic E-state index is 12.0. The summed E-state index contributed by atoms with van der Waals surface area (Å²) in [4.78, 5) is 4.14. The van der Waals surface area contributed by atoms with Crippen molar-refractivity contribution < 1.29 is 22.6 Å². The lowest BCUT2D eigenvalue weighted by atomic mass is 10.4. The lowest BCUT2D eigenvalue weighted by molar-refractivity contribution is -0.154. The standard InChI is InChI=1S/C13H12F3N3O2/c1-9-3-2-4-11(17-9)20-7-10-5-6-12(19-18-10)21-8-13(14,15)16/h2-6H,7-8H2,1H3. The molecule has 0 saturated heterocycles. The summed E-state index contributed by atoms with van der Waals surface area (Å²) in [6.45, 7) is 0.549. The summed E-state index contributed by atoms with van der Waals surface area (Å²) in [6, 6.07) is 8.12. The highest BCUT2D eigenvalue weighted by atomic mass is 19.4. The van der Waals surface area contributed by atoms with Crippen molar-refractivity contribution in [2.75, 3.05) is 6.61 Å². The van der Waals surface area contributed by atoms with Gasteiger partial charge in [-0.1, -0.05) is 6.07 Å². The van der Waals surface area contributed by atoms with Gasteiger partial charge in [-0.15, -0.1) is 10.2 Å². The molecule has 0 aliphatic heterocycles. The van der Waals surface area contributed by atoms with Crippen LogP contribution in [0.1, 0.15) is 11.4 Å². The third kappa shape index (κ3) is 5.25. The predicted octanol–water partition coefficient (Wildman–Crippen LogP) is 2.70. The molecule has 112 valence electrons. The Morgan fingerprint density at radius 1 is 1.00 bits per heavy atom. The minimum absolute atomic E-state index is 0.114. The zero-order valence-electron chi connectivity index (χ0n) is 11.1. The number of hydrogen-bond donors (Lipinski definition) is 0. The Bertz CT molecular complexity index is 588. The predicted molar refractivity (Wildman–Crippen MR) is 66.9 cm³/mol. The van der Waals surface area contributed by atoms with Crippen LogP contribution in [0.3, 0.4) is 0 Å². The molecule has 21 heavy (non-hydrogen) atoms. The molecule has 0 bridgehead atoms. The van der Waals surface area contributed by atoms with Gasteiger partial charge in [-0.3, -0.25) is 0 Å². The van der Waals surface area contributed by atoms with Gasteiger partial charge in [0.2, 0.25) is 11.8 Å². The highest BCUT2D eigenvalue weighted by Crippen LogP contribution is 2.16. The molecule has 0 fully saturated rings. The van der Waals surface area contributed by atoms with Crippen molar-refractivity contribution >= 4 is 0 Å². The van der Waals surface area contributed by atoms with Crippen LogP contribution in [0.2, 0.25) is 0 Å². The minimum Gasteiger partial charge on any atom is -0.471 e. The molecule has 0 radical (unpaired) electrons. The first-order valence-corrected chi connectivity index (χ1v) is 6.01. The fraction of sp³-hybridized carbons (Fsp3) is 0.308. The smallest absolute Gasteiger partial charge is 0.422 e. The molecule has 2 heterocycles. The molecule has 0 N–H and O–H groups in total. The molecule has 5 nitrogen and oxygen atoms in total. The molecule has 2 aromatic rings. The SMILES string of the molecule is Cc1cccc(OCc2ccc(OCC(F)(F)F)nn2)n1. The number of pyridine rings is 1. The molecule has 0 unspecified atom stereocenters. The van der Waals surface area contributed by atoms with Crippen molar-refractivity contribution in [2.24, 2.45) is 0 Å². The van der Waals surface area contributed by atoms with E-state index in [9.17, 15) is 13.2 Å². The fourth-order valence-electron chi connectivity index (χ4n) is 1.40. The lowest BCUT2D eigenvalue weighted by Crippen LogP contribution is -2.19. The van der Waals surface area contributed by atoms with E-state index in [0.29, 0.717) is 11.6 Å². The van der Waals surface area contributed by atoms with Gasteiger partial charge in [0.15, 0.2) is 6.61 Å². The number of ether oxygens (including phenoxy) is 2. The van der Waals surface area contributed by atoms with Crippen molar-refractivity contribution in [1.82, 2.24) is 15.2 Å². The Morgan fingerprint density at radius 3 is 2.43 bits per heavy atom. The number of aromatic nitrogens is 3. The molecule has 0 amide bonds. The highest BCUT2D eigenvalue weighted by molar-refractivity contribution is 5.16. The molecule has 2 rings (SSSR count). The van der Waals surface area contributed by atoms with Gasteiger partial charge in [0.1, 0.15) is 12.3 Å². The van der Waals surface area contributed by atoms with Crippen LogP contribution >= 0.6 is 0 Å². The van der Waals surface area contributed by atoms with Gasteiger partial charge < -0.3 is 9.47 Å². The number of hydrogen-bond acceptors (Lipinski definition) is 5. The molecule has 0 aliphatic carbocycles. The van der Waals surface area contributed by atoms with E-state index in [1.165, 1.54) is 12.1 Å². The minimum atomic E-state index is -4.40. The van der Waals surface area contributed by atoms with Gasteiger partial charge in [-0.2, -0.15) is 13.2 Å². The molecule has 0 atom stereocenters. The van der Waals surface area contributed by atoms with Gasteiger partial charge in [0.05, 0.1) is 0 Å². The summed E-state index contributed by atoms with van der Waals surface area (Å²) in [5, 5.41) is 7.26. The molecular formula is C13H12F3N3O2. The molecule has 0 aromatic carbocycles. The highest BCUT2D eigenvalue weighted by Gasteiger charge is 2.28. The van der Waals surface area contributed by atoms with E-state index in [1.807, 2.05) is 13.0 Å². The molecule has 8 heteroatoms. The van der Waals surface area contributed by atoms with Crippen molar-refractivity contribution in [3.63, 3.8) is 0 Å². The van der Waals surface area contributed by atoms with Crippen LogP contribution in [0, 0.1) is 6.92 Å². The van der Waals surface area contributed by atoms with E-state index < -0.39 is 12.8 Å². The van der Waals surface area contributed by atoms with Crippen LogP contribution in [-0.2, 0) is 6.61 Å². The van der Waals surface area contributed by atoms with Gasteiger partial charge in [-0.05, 0) is 19.1 Å². The third-order valence-corrected chi connectivity index (χ3v) is 2.31. The van der Waals surface area contributed by atoms with E-state index in [0.717, 1.165) is 5.69 Å². The summed E-state index contributed by atoms with van der Waals surface area (Å²) in [6.07, 6.45) is -4.40. The van der Waals surface area contributed by atoms with E-state index in [2.05, 4.69) is 19.9 Å². The third-order valence-electron chi connectivity index (χ3n) is 2.31. The van der Waals surface area contributed by atoms with Gasteiger partial charge in [-0.25, -0.2) is 4.98 Å². The largest absolute Gasteiger partial charge is 0.471 e. The summed E-state index contributed by atoms with van der Waals surface area (Å²) < 4.78 is 45.7. The summed E-state index contributed by atoms with van der Waals surface area (Å²) >= 11 is 0. The zero-order chi connectivity index (χ0) is 15.3. The maximum Gasteiger partial charge on any atom is 0.422 e. The Labute approximate surface area is 118 Å². The average molecular weight is 299 g/mol. The van der Waals surface area contributed by atoms with Crippen molar-refractivity contribution in [3.05, 3.63) is 41.7 Å². The number of alkyl halides is 3. The van der Waals surface area contributed by atoms with Crippen LogP contribution in [0.4, 0.5) is 13.2 Å². The van der Waals surface area contributed by atoms with Gasteiger partial charge >= 0.3 is 6.18 Å². The summed E-state index contributed by atoms with van der Waals surface area (Å²) in [5.74, 6) is 0.249. The van der Waals surface area contributed by atoms with Gasteiger partial charge in [0, 0.05) is 17.8 Å². The lowest BCUT2D eigenvalue weighted by Gasteiger charge is -2.08. The Hall–Kier alpha value is -2.38. The second-order valence-electron chi connectivity index (χ2n) is 4.17. The van der Waals surface area contributed by atoms with E-state index in [1.54, 1.807) is 12.1 Å². The number of rotatable bonds is 5. The summed E-state index contributed by atoms with van der Waals surface area (Å²) in [7, 11) is 0. The second kappa shape index (κ2) is 6.38. The molecule has 0 aliphatic rings. The number of halogens is 3. The van der Waals surface area contributed by atoms with Crippen molar-refractivity contribution in [1.29, 1.82) is 0 Å². The Balaban J connectivity index is 1.87. The molecule has 0 saturated carbocycles. The van der Waals surface area contributed by atoms with Crippen molar-refractivity contribution in [2.45, 2.75) is 19.7 Å². The number of nitrogens with zero attached hydrogens (tertiary/aromatic N) is 3. The normalized spacial score (nSPS) is 11.2. The summed E-state index contributed by atoms with van der Waals surface area (Å²) in [5.41, 5.74) is 1.27. The van der Waals surface area contributed by atoms with Crippen LogP contribution < -0.4 is 9.47 Å². The average Bonchev–Trinajstić information content (AvgIpc) is 2.43. The van der Waals surface area contributed by atoms with E-state index in [-0.39, 0.29) is 12.5 Å². The van der Waals surface area contributed by atoms with E-state index in [4.69, 9.17) is 4.74 Å². The second-order valence-corrected chi connectivity index (χ2v) is 4.17. The van der Waals surface area contributed by atoms with E-state index >= 15 is 0 Å². The first kappa shape index (κ1) is 15.0. The van der Waals surface area contributed by atoms with Crippen molar-refractivity contribution in [3.8, 4) is 11.8 Å². The first-order chi connectivity index (χ1) is 9.92. The molecule has 0 spiro atoms. The van der Waals surface area contributed by atoms with Crippen LogP contribution in [-0.4, -0.2) is 28.0 Å². The topological polar surface area (TPSA) is 57.1 Å². The molecule has 2 aromatic heterocycles.